The van der Waals surface area contributed by atoms with E-state index >= 15 is 0 Å². The van der Waals surface area contributed by atoms with Gasteiger partial charge in [-0.05, 0) is 54.1 Å². The van der Waals surface area contributed by atoms with Crippen molar-refractivity contribution in [1.82, 2.24) is 9.13 Å². The Labute approximate surface area is 273 Å². The summed E-state index contributed by atoms with van der Waals surface area (Å²) < 4.78 is 7.74. The molecule has 0 saturated carbocycles. The molecule has 0 fully saturated rings. The van der Waals surface area contributed by atoms with E-state index in [1.807, 2.05) is 11.3 Å². The summed E-state index contributed by atoms with van der Waals surface area (Å²) in [6.07, 6.45) is 4.87. The molecule has 2 nitrogen and oxygen atoms in total. The lowest BCUT2D eigenvalue weighted by Gasteiger charge is -2.24. The van der Waals surface area contributed by atoms with Crippen molar-refractivity contribution < 1.29 is 0 Å². The van der Waals surface area contributed by atoms with Crippen LogP contribution < -0.4 is 0 Å². The van der Waals surface area contributed by atoms with Gasteiger partial charge >= 0.3 is 0 Å². The molecule has 9 aromatic rings. The van der Waals surface area contributed by atoms with Crippen LogP contribution in [0.1, 0.15) is 28.0 Å². The highest BCUT2D eigenvalue weighted by Gasteiger charge is 2.41. The quantitative estimate of drug-likeness (QED) is 0.186. The molecule has 11 rings (SSSR count). The van der Waals surface area contributed by atoms with Crippen LogP contribution in [0.25, 0.3) is 70.3 Å². The zero-order valence-corrected chi connectivity index (χ0v) is 26.4. The van der Waals surface area contributed by atoms with E-state index in [9.17, 15) is 0 Å². The minimum atomic E-state index is 0.269. The summed E-state index contributed by atoms with van der Waals surface area (Å²) in [5.74, 6) is 0.299. The van der Waals surface area contributed by atoms with Gasteiger partial charge in [-0.15, -0.1) is 23.1 Å². The van der Waals surface area contributed by atoms with Crippen molar-refractivity contribution in [2.24, 2.45) is 0 Å². The summed E-state index contributed by atoms with van der Waals surface area (Å²) in [5.41, 5.74) is 10.5. The van der Waals surface area contributed by atoms with Crippen LogP contribution in [-0.4, -0.2) is 9.13 Å². The van der Waals surface area contributed by atoms with Gasteiger partial charge in [0.2, 0.25) is 0 Å². The van der Waals surface area contributed by atoms with E-state index in [0.29, 0.717) is 5.92 Å². The Morgan fingerprint density at radius 2 is 1.24 bits per heavy atom. The number of benzene rings is 6. The van der Waals surface area contributed by atoms with Crippen molar-refractivity contribution in [3.05, 3.63) is 156 Å². The summed E-state index contributed by atoms with van der Waals surface area (Å²) >= 11 is 3.94. The van der Waals surface area contributed by atoms with Crippen LogP contribution in [0.3, 0.4) is 0 Å². The Balaban J connectivity index is 1.17. The summed E-state index contributed by atoms with van der Waals surface area (Å²) in [4.78, 5) is 1.40. The molecule has 3 aromatic heterocycles. The van der Waals surface area contributed by atoms with E-state index in [2.05, 4.69) is 167 Å². The van der Waals surface area contributed by atoms with Gasteiger partial charge in [0.25, 0.3) is 0 Å². The molecule has 0 radical (unpaired) electrons. The molecule has 0 amide bonds. The minimum absolute atomic E-state index is 0.269. The summed E-state index contributed by atoms with van der Waals surface area (Å²) in [7, 11) is 0. The first-order chi connectivity index (χ1) is 22.8. The fourth-order valence-electron chi connectivity index (χ4n) is 8.14. The third-order valence-corrected chi connectivity index (χ3v) is 12.7. The van der Waals surface area contributed by atoms with Crippen molar-refractivity contribution >= 4 is 82.1 Å². The molecule has 0 bridgehead atoms. The van der Waals surface area contributed by atoms with E-state index in [-0.39, 0.29) is 5.25 Å². The lowest BCUT2D eigenvalue weighted by Crippen LogP contribution is -2.11. The number of hydrogen-bond donors (Lipinski definition) is 0. The lowest BCUT2D eigenvalue weighted by molar-refractivity contribution is 0.776. The zero-order valence-electron chi connectivity index (χ0n) is 24.7. The average molecular weight is 623 g/mol. The van der Waals surface area contributed by atoms with Gasteiger partial charge in [-0.1, -0.05) is 97.1 Å². The molecule has 2 aliphatic rings. The second kappa shape index (κ2) is 9.26. The maximum Gasteiger partial charge on any atom is 0.0680 e. The second-order valence-electron chi connectivity index (χ2n) is 12.4. The smallest absolute Gasteiger partial charge is 0.0680 e. The second-order valence-corrected chi connectivity index (χ2v) is 14.7. The Kier molecular flexibility index (Phi) is 5.07. The number of allylic oxidation sites excluding steroid dienone is 1. The monoisotopic (exact) mass is 622 g/mol. The number of thioether (sulfide) groups is 1. The largest absolute Gasteiger partial charge is 0.312 e. The number of hydrogen-bond acceptors (Lipinski definition) is 2. The predicted molar refractivity (Wildman–Crippen MR) is 197 cm³/mol. The van der Waals surface area contributed by atoms with Crippen LogP contribution in [0, 0.1) is 0 Å². The minimum Gasteiger partial charge on any atom is -0.312 e. The topological polar surface area (TPSA) is 9.86 Å². The summed E-state index contributed by atoms with van der Waals surface area (Å²) in [6.45, 7) is 0. The zero-order chi connectivity index (χ0) is 29.9. The molecule has 2 unspecified atom stereocenters. The van der Waals surface area contributed by atoms with E-state index < -0.39 is 0 Å². The molecule has 0 spiro atoms. The van der Waals surface area contributed by atoms with E-state index in [1.165, 1.54) is 86.0 Å². The highest BCUT2D eigenvalue weighted by atomic mass is 32.2. The molecule has 216 valence electrons. The van der Waals surface area contributed by atoms with Crippen LogP contribution in [0.4, 0.5) is 0 Å². The summed E-state index contributed by atoms with van der Waals surface area (Å²) in [6, 6.07) is 49.3. The fourth-order valence-corrected chi connectivity index (χ4v) is 10.9. The van der Waals surface area contributed by atoms with Crippen molar-refractivity contribution in [3.8, 4) is 11.4 Å². The average Bonchev–Trinajstić information content (AvgIpc) is 3.86. The van der Waals surface area contributed by atoms with Crippen LogP contribution in [0.2, 0.25) is 0 Å². The van der Waals surface area contributed by atoms with Gasteiger partial charge in [-0.25, -0.2) is 0 Å². The molecule has 0 N–H and O–H groups in total. The molecule has 2 atom stereocenters. The molecule has 1 aliphatic heterocycles. The van der Waals surface area contributed by atoms with Gasteiger partial charge in [-0.3, -0.25) is 0 Å². The van der Waals surface area contributed by atoms with Gasteiger partial charge in [0.15, 0.2) is 0 Å². The van der Waals surface area contributed by atoms with Gasteiger partial charge in [0.05, 0.1) is 21.8 Å². The first-order valence-corrected chi connectivity index (χ1v) is 17.5. The fraction of sp³-hybridized carbons (Fsp3) is 0.0476. The Morgan fingerprint density at radius 3 is 2.11 bits per heavy atom. The third-order valence-electron chi connectivity index (χ3n) is 10.1. The van der Waals surface area contributed by atoms with Gasteiger partial charge < -0.3 is 9.13 Å². The Hall–Kier alpha value is -5.03. The first kappa shape index (κ1) is 25.2. The third kappa shape index (κ3) is 3.28. The Morgan fingerprint density at radius 1 is 0.522 bits per heavy atom. The first-order valence-electron chi connectivity index (χ1n) is 15.8. The van der Waals surface area contributed by atoms with Crippen LogP contribution >= 0.6 is 23.1 Å². The molecule has 46 heavy (non-hydrogen) atoms. The molecule has 0 saturated heterocycles. The van der Waals surface area contributed by atoms with E-state index in [1.54, 1.807) is 0 Å². The maximum atomic E-state index is 2.57. The summed E-state index contributed by atoms with van der Waals surface area (Å²) in [5, 5.41) is 6.90. The number of thiophene rings is 1. The highest BCUT2D eigenvalue weighted by molar-refractivity contribution is 8.00. The maximum absolute atomic E-state index is 2.57. The van der Waals surface area contributed by atoms with Gasteiger partial charge in [-0.2, -0.15) is 0 Å². The van der Waals surface area contributed by atoms with Crippen molar-refractivity contribution in [3.63, 3.8) is 0 Å². The molecular weight excluding hydrogens is 597 g/mol. The van der Waals surface area contributed by atoms with Crippen molar-refractivity contribution in [2.45, 2.75) is 16.1 Å². The lowest BCUT2D eigenvalue weighted by atomic mass is 9.87. The van der Waals surface area contributed by atoms with Crippen molar-refractivity contribution in [1.29, 1.82) is 0 Å². The molecule has 4 heteroatoms. The van der Waals surface area contributed by atoms with Crippen LogP contribution in [-0.2, 0) is 0 Å². The van der Waals surface area contributed by atoms with Crippen LogP contribution in [0.5, 0.6) is 0 Å². The van der Waals surface area contributed by atoms with E-state index in [4.69, 9.17) is 0 Å². The molecule has 6 aromatic carbocycles. The number of nitrogens with zero attached hydrogens (tertiary/aromatic N) is 2. The highest BCUT2D eigenvalue weighted by Crippen LogP contribution is 2.61. The molecular formula is C42H26N2S2. The molecule has 4 heterocycles. The van der Waals surface area contributed by atoms with Gasteiger partial charge in [0.1, 0.15) is 0 Å². The van der Waals surface area contributed by atoms with Crippen molar-refractivity contribution in [2.75, 3.05) is 0 Å². The van der Waals surface area contributed by atoms with Crippen LogP contribution in [0.15, 0.2) is 144 Å². The number of fused-ring (bicyclic) bond motifs is 14. The van der Waals surface area contributed by atoms with E-state index in [0.717, 1.165) is 0 Å². The SMILES string of the molecule is C1=CC2c3ccc4c5ccccc5n(-c5ccccc5)c4c3SC2c2c1c1ccccc1n2-c1ccc2sc3ccccc3c2c1. The number of aromatic nitrogens is 2. The van der Waals surface area contributed by atoms with Gasteiger partial charge in [0, 0.05) is 69.8 Å². The number of para-hydroxylation sites is 3. The number of rotatable bonds is 2. The Bertz CT molecular complexity index is 2740. The normalized spacial score (nSPS) is 17.0. The molecule has 1 aliphatic carbocycles. The predicted octanol–water partition coefficient (Wildman–Crippen LogP) is 12.1. The standard InChI is InChI=1S/C42H26N2S2/c1-2-10-25(11-3-1)43-35-15-7-4-12-27(35)30-19-21-32-33-22-20-31-28-13-5-8-16-36(28)44(40(31)42(33)46-41(32)39(30)43)26-18-23-38-34(24-26)29-14-6-9-17-37(29)45-38/h1-24,33,42H.